The Kier molecular flexibility index (Phi) is 8.17. The molecular weight excluding hydrogens is 563 g/mol. The van der Waals surface area contributed by atoms with Crippen molar-refractivity contribution in [2.24, 2.45) is 0 Å². The molecule has 0 aliphatic carbocycles. The number of para-hydroxylation sites is 1. The van der Waals surface area contributed by atoms with E-state index in [0.29, 0.717) is 56.0 Å². The van der Waals surface area contributed by atoms with E-state index in [4.69, 9.17) is 9.72 Å². The van der Waals surface area contributed by atoms with Gasteiger partial charge in [0.05, 0.1) is 41.2 Å². The Balaban J connectivity index is 1.47. The number of nitrogens with zero attached hydrogens (tertiary/aromatic N) is 5. The smallest absolute Gasteiger partial charge is 0.416 e. The van der Waals surface area contributed by atoms with E-state index in [1.807, 2.05) is 47.4 Å². The minimum atomic E-state index is -4.57. The van der Waals surface area contributed by atoms with Crippen molar-refractivity contribution in [1.82, 2.24) is 14.8 Å². The van der Waals surface area contributed by atoms with Gasteiger partial charge in [0.1, 0.15) is 11.8 Å². The van der Waals surface area contributed by atoms with Crippen molar-refractivity contribution in [2.45, 2.75) is 37.0 Å². The molecule has 3 heterocycles. The molecule has 0 bridgehead atoms. The van der Waals surface area contributed by atoms with Crippen LogP contribution in [0.2, 0.25) is 0 Å². The molecule has 1 aromatic heterocycles. The van der Waals surface area contributed by atoms with Crippen LogP contribution in [-0.4, -0.2) is 71.7 Å². The van der Waals surface area contributed by atoms with Crippen LogP contribution in [-0.2, 0) is 16.5 Å². The van der Waals surface area contributed by atoms with E-state index in [0.717, 1.165) is 29.7 Å². The van der Waals surface area contributed by atoms with E-state index in [-0.39, 0.29) is 18.2 Å². The number of aromatic nitrogens is 1. The summed E-state index contributed by atoms with van der Waals surface area (Å²) in [5, 5.41) is 19.2. The van der Waals surface area contributed by atoms with Gasteiger partial charge in [0, 0.05) is 37.9 Å². The van der Waals surface area contributed by atoms with Crippen molar-refractivity contribution in [1.29, 1.82) is 5.26 Å². The summed E-state index contributed by atoms with van der Waals surface area (Å²) in [6, 6.07) is 15.9. The molecule has 0 spiro atoms. The molecule has 224 valence electrons. The number of piperidine rings is 1. The van der Waals surface area contributed by atoms with E-state index in [1.165, 1.54) is 11.0 Å². The van der Waals surface area contributed by atoms with Gasteiger partial charge in [-0.1, -0.05) is 18.2 Å². The van der Waals surface area contributed by atoms with Crippen LogP contribution in [0.15, 0.2) is 60.8 Å². The Morgan fingerprint density at radius 2 is 1.93 bits per heavy atom. The van der Waals surface area contributed by atoms with Crippen LogP contribution in [0.4, 0.5) is 23.7 Å². The van der Waals surface area contributed by atoms with Crippen LogP contribution in [0.1, 0.15) is 36.0 Å². The Hall–Kier alpha value is -4.79. The first-order chi connectivity index (χ1) is 20.6. The number of ether oxygens (including phenoxy) is 1. The van der Waals surface area contributed by atoms with Crippen molar-refractivity contribution in [3.63, 3.8) is 0 Å². The first kappa shape index (κ1) is 29.7. The van der Waals surface area contributed by atoms with Crippen LogP contribution in [0.25, 0.3) is 11.3 Å². The lowest BCUT2D eigenvalue weighted by Gasteiger charge is -2.51. The average molecular weight is 594 g/mol. The number of halogens is 3. The largest absolute Gasteiger partial charge is 0.496 e. The fourth-order valence-corrected chi connectivity index (χ4v) is 6.05. The van der Waals surface area contributed by atoms with Crippen LogP contribution in [0.5, 0.6) is 5.75 Å². The summed E-state index contributed by atoms with van der Waals surface area (Å²) in [6.07, 6.45) is -1.77. The normalized spacial score (nSPS) is 17.9. The van der Waals surface area contributed by atoms with Gasteiger partial charge >= 0.3 is 12.3 Å². The second-order valence-electron chi connectivity index (χ2n) is 10.7. The average Bonchev–Trinajstić information content (AvgIpc) is 3.00. The van der Waals surface area contributed by atoms with Gasteiger partial charge in [-0.3, -0.25) is 9.78 Å². The van der Waals surface area contributed by atoms with Crippen molar-refractivity contribution >= 4 is 18.2 Å². The van der Waals surface area contributed by atoms with E-state index < -0.39 is 23.4 Å². The molecule has 2 aliphatic heterocycles. The van der Waals surface area contributed by atoms with Gasteiger partial charge in [0.15, 0.2) is 0 Å². The molecule has 43 heavy (non-hydrogen) atoms. The standard InChI is InChI=1S/C31H30F3N5O4/c1-43-28-5-3-2-4-25(28)26-8-6-23(18-36-26)30(38(20-40)19-24-10-13-39(24)29(41)42)11-14-37(15-12-30)27-9-7-22(31(32,33)34)16-21(27)17-35/h2-9,16,18,20,24H,10-15,19H2,1H3,(H,41,42)/t24-/m0/s1. The molecular formula is C31H30F3N5O4. The Morgan fingerprint density at radius 1 is 1.19 bits per heavy atom. The number of carbonyl (C=O) groups is 2. The minimum Gasteiger partial charge on any atom is -0.496 e. The molecule has 9 nitrogen and oxygen atoms in total. The highest BCUT2D eigenvalue weighted by molar-refractivity contribution is 5.68. The first-order valence-corrected chi connectivity index (χ1v) is 13.8. The molecule has 12 heteroatoms. The van der Waals surface area contributed by atoms with Gasteiger partial charge in [0.2, 0.25) is 6.41 Å². The zero-order valence-corrected chi connectivity index (χ0v) is 23.4. The second kappa shape index (κ2) is 11.8. The minimum absolute atomic E-state index is 0.0797. The van der Waals surface area contributed by atoms with Gasteiger partial charge in [-0.25, -0.2) is 4.79 Å². The third-order valence-corrected chi connectivity index (χ3v) is 8.53. The monoisotopic (exact) mass is 593 g/mol. The molecule has 0 radical (unpaired) electrons. The van der Waals surface area contributed by atoms with E-state index in [2.05, 4.69) is 0 Å². The predicted molar refractivity (Wildman–Crippen MR) is 151 cm³/mol. The number of methoxy groups -OCH3 is 1. The van der Waals surface area contributed by atoms with Gasteiger partial charge < -0.3 is 24.5 Å². The Bertz CT molecular complexity index is 1530. The van der Waals surface area contributed by atoms with Crippen molar-refractivity contribution < 1.29 is 32.6 Å². The van der Waals surface area contributed by atoms with Gasteiger partial charge in [-0.05, 0) is 61.2 Å². The Morgan fingerprint density at radius 3 is 2.49 bits per heavy atom. The fourth-order valence-electron chi connectivity index (χ4n) is 6.05. The molecule has 0 unspecified atom stereocenters. The third-order valence-electron chi connectivity index (χ3n) is 8.53. The number of pyridine rings is 1. The van der Waals surface area contributed by atoms with Gasteiger partial charge in [0.25, 0.3) is 0 Å². The summed E-state index contributed by atoms with van der Waals surface area (Å²) in [5.74, 6) is 0.656. The molecule has 3 aromatic rings. The topological polar surface area (TPSA) is 110 Å². The molecule has 1 N–H and O–H groups in total. The Labute approximate surface area is 246 Å². The molecule has 2 fully saturated rings. The highest BCUT2D eigenvalue weighted by atomic mass is 19.4. The molecule has 5 rings (SSSR count). The number of rotatable bonds is 8. The maximum absolute atomic E-state index is 13.3. The van der Waals surface area contributed by atoms with E-state index >= 15 is 0 Å². The second-order valence-corrected chi connectivity index (χ2v) is 10.7. The third kappa shape index (κ3) is 5.67. The van der Waals surface area contributed by atoms with Crippen molar-refractivity contribution in [3.8, 4) is 23.1 Å². The maximum Gasteiger partial charge on any atom is 0.416 e. The lowest BCUT2D eigenvalue weighted by molar-refractivity contribution is -0.137. The highest BCUT2D eigenvalue weighted by Gasteiger charge is 2.45. The molecule has 1 atom stereocenters. The van der Waals surface area contributed by atoms with Crippen molar-refractivity contribution in [2.75, 3.05) is 38.2 Å². The van der Waals surface area contributed by atoms with Gasteiger partial charge in [-0.2, -0.15) is 18.4 Å². The summed E-state index contributed by atoms with van der Waals surface area (Å²) in [6.45, 7) is 1.26. The molecule has 2 aromatic carbocycles. The lowest BCUT2D eigenvalue weighted by Crippen LogP contribution is -2.60. The van der Waals surface area contributed by atoms with Crippen LogP contribution in [0.3, 0.4) is 0 Å². The number of anilines is 1. The number of hydrogen-bond donors (Lipinski definition) is 1. The van der Waals surface area contributed by atoms with E-state index in [1.54, 1.807) is 18.2 Å². The lowest BCUT2D eigenvalue weighted by atomic mass is 9.79. The number of carbonyl (C=O) groups excluding carboxylic acids is 1. The number of amides is 2. The molecule has 2 aliphatic rings. The van der Waals surface area contributed by atoms with E-state index in [9.17, 15) is 33.1 Å². The van der Waals surface area contributed by atoms with Crippen LogP contribution < -0.4 is 9.64 Å². The summed E-state index contributed by atoms with van der Waals surface area (Å²) < 4.78 is 45.3. The number of hydrogen-bond acceptors (Lipinski definition) is 6. The molecule has 0 saturated carbocycles. The fraction of sp³-hybridized carbons (Fsp3) is 0.355. The van der Waals surface area contributed by atoms with Crippen LogP contribution in [0, 0.1) is 11.3 Å². The summed E-state index contributed by atoms with van der Waals surface area (Å²) in [5.41, 5.74) is 0.786. The quantitative estimate of drug-likeness (QED) is 0.351. The van der Waals surface area contributed by atoms with Crippen molar-refractivity contribution in [3.05, 3.63) is 77.5 Å². The van der Waals surface area contributed by atoms with Crippen LogP contribution >= 0.6 is 0 Å². The number of likely N-dealkylation sites (tertiary alicyclic amines) is 1. The zero-order valence-electron chi connectivity index (χ0n) is 23.4. The maximum atomic E-state index is 13.3. The predicted octanol–water partition coefficient (Wildman–Crippen LogP) is 5.35. The number of benzene rings is 2. The van der Waals surface area contributed by atoms with Gasteiger partial charge in [-0.15, -0.1) is 0 Å². The first-order valence-electron chi connectivity index (χ1n) is 13.8. The summed E-state index contributed by atoms with van der Waals surface area (Å²) >= 11 is 0. The number of alkyl halides is 3. The zero-order chi connectivity index (χ0) is 30.8. The summed E-state index contributed by atoms with van der Waals surface area (Å²) in [7, 11) is 1.58. The number of carboxylic acid groups (broad SMARTS) is 1. The SMILES string of the molecule is COc1ccccc1-c1ccc(C2(N(C=O)C[C@@H]3CCN3C(=O)O)CCN(c3ccc(C(F)(F)F)cc3C#N)CC2)cn1. The molecule has 2 amide bonds. The highest BCUT2D eigenvalue weighted by Crippen LogP contribution is 2.42. The molecule has 2 saturated heterocycles. The summed E-state index contributed by atoms with van der Waals surface area (Å²) in [4.78, 5) is 33.8. The number of nitriles is 1.